The Morgan fingerprint density at radius 1 is 1.06 bits per heavy atom. The molecule has 2 aliphatic heterocycles. The quantitative estimate of drug-likeness (QED) is 0.606. The third-order valence-electron chi connectivity index (χ3n) is 5.66. The van der Waals surface area contributed by atoms with Gasteiger partial charge in [-0.15, -0.1) is 0 Å². The molecular formula is C21H19ClF4N2O5S. The maximum absolute atomic E-state index is 14.4. The fourth-order valence-electron chi connectivity index (χ4n) is 3.83. The molecule has 0 aromatic heterocycles. The number of nitrogens with zero attached hydrogens (tertiary/aromatic N) is 1. The molecule has 2 heterocycles. The predicted octanol–water partition coefficient (Wildman–Crippen LogP) is 4.28. The third-order valence-corrected chi connectivity index (χ3v) is 7.88. The number of rotatable bonds is 4. The number of carbonyl (C=O) groups is 1. The number of alkyl halides is 3. The van der Waals surface area contributed by atoms with Gasteiger partial charge < -0.3 is 14.8 Å². The Balaban J connectivity index is 1.56. The first-order valence-electron chi connectivity index (χ1n) is 10.2. The normalized spacial score (nSPS) is 18.9. The van der Waals surface area contributed by atoms with Crippen LogP contribution in [-0.4, -0.2) is 50.7 Å². The molecule has 2 saturated heterocycles. The van der Waals surface area contributed by atoms with Crippen LogP contribution in [0.4, 0.5) is 23.2 Å². The Labute approximate surface area is 197 Å². The summed E-state index contributed by atoms with van der Waals surface area (Å²) < 4.78 is 91.9. The summed E-state index contributed by atoms with van der Waals surface area (Å²) in [5.74, 6) is -3.00. The van der Waals surface area contributed by atoms with Crippen molar-refractivity contribution in [2.75, 3.05) is 31.6 Å². The van der Waals surface area contributed by atoms with Crippen molar-refractivity contribution in [3.8, 4) is 0 Å². The Hall–Kier alpha value is -2.25. The monoisotopic (exact) mass is 522 g/mol. The number of sulfonamides is 1. The molecule has 2 fully saturated rings. The lowest BCUT2D eigenvalue weighted by Gasteiger charge is -2.36. The van der Waals surface area contributed by atoms with Gasteiger partial charge in [0.2, 0.25) is 10.0 Å². The van der Waals surface area contributed by atoms with Gasteiger partial charge in [0.1, 0.15) is 5.82 Å². The van der Waals surface area contributed by atoms with E-state index in [1.165, 1.54) is 4.31 Å². The molecule has 0 aliphatic carbocycles. The maximum Gasteiger partial charge on any atom is 0.416 e. The van der Waals surface area contributed by atoms with Gasteiger partial charge in [-0.3, -0.25) is 4.79 Å². The second kappa shape index (κ2) is 9.08. The van der Waals surface area contributed by atoms with E-state index in [0.717, 1.165) is 30.3 Å². The summed E-state index contributed by atoms with van der Waals surface area (Å²) in [6.45, 7) is 1.06. The van der Waals surface area contributed by atoms with Gasteiger partial charge in [0.05, 0.1) is 39.9 Å². The Kier molecular flexibility index (Phi) is 6.64. The molecule has 0 radical (unpaired) electrons. The summed E-state index contributed by atoms with van der Waals surface area (Å²) in [5.41, 5.74) is -2.13. The molecule has 34 heavy (non-hydrogen) atoms. The molecule has 7 nitrogen and oxygen atoms in total. The average Bonchev–Trinajstić information content (AvgIpc) is 3.22. The number of hydrogen-bond acceptors (Lipinski definition) is 5. The van der Waals surface area contributed by atoms with Crippen LogP contribution in [0.25, 0.3) is 0 Å². The van der Waals surface area contributed by atoms with E-state index in [4.69, 9.17) is 21.1 Å². The molecule has 0 bridgehead atoms. The first-order valence-corrected chi connectivity index (χ1v) is 12.0. The zero-order chi connectivity index (χ0) is 24.7. The summed E-state index contributed by atoms with van der Waals surface area (Å²) >= 11 is 5.88. The zero-order valence-electron chi connectivity index (χ0n) is 17.5. The van der Waals surface area contributed by atoms with E-state index in [0.29, 0.717) is 32.1 Å². The van der Waals surface area contributed by atoms with Crippen molar-refractivity contribution in [1.82, 2.24) is 4.31 Å². The summed E-state index contributed by atoms with van der Waals surface area (Å²) in [4.78, 5) is 12.3. The number of hydrogen-bond donors (Lipinski definition) is 1. The predicted molar refractivity (Wildman–Crippen MR) is 113 cm³/mol. The van der Waals surface area contributed by atoms with Gasteiger partial charge in [0.15, 0.2) is 5.79 Å². The van der Waals surface area contributed by atoms with E-state index in [9.17, 15) is 30.8 Å². The standard InChI is InChI=1S/C21H19ClF4N2O5S/c22-16-3-1-13(21(24,25)26)11-18(16)27-19(29)15-12-14(2-4-17(15)23)34(30,31)28-7-5-20(6-8-28)32-9-10-33-20/h1-4,11-12H,5-10H2,(H,27,29). The summed E-state index contributed by atoms with van der Waals surface area (Å²) in [6.07, 6.45) is -4.06. The fraction of sp³-hybridized carbons (Fsp3) is 0.381. The molecular weight excluding hydrogens is 504 g/mol. The first-order chi connectivity index (χ1) is 15.9. The van der Waals surface area contributed by atoms with Crippen LogP contribution in [0, 0.1) is 5.82 Å². The van der Waals surface area contributed by atoms with Gasteiger partial charge in [-0.25, -0.2) is 12.8 Å². The van der Waals surface area contributed by atoms with Gasteiger partial charge >= 0.3 is 6.18 Å². The number of amides is 1. The molecule has 1 spiro atoms. The Morgan fingerprint density at radius 2 is 1.71 bits per heavy atom. The third kappa shape index (κ3) is 4.91. The molecule has 0 unspecified atom stereocenters. The van der Waals surface area contributed by atoms with Crippen molar-refractivity contribution in [2.24, 2.45) is 0 Å². The lowest BCUT2D eigenvalue weighted by atomic mass is 10.1. The first kappa shape index (κ1) is 24.9. The van der Waals surface area contributed by atoms with Gasteiger partial charge in [-0.2, -0.15) is 17.5 Å². The fourth-order valence-corrected chi connectivity index (χ4v) is 5.46. The average molecular weight is 523 g/mol. The summed E-state index contributed by atoms with van der Waals surface area (Å²) in [5, 5.41) is 1.91. The number of benzene rings is 2. The SMILES string of the molecule is O=C(Nc1cc(C(F)(F)F)ccc1Cl)c1cc(S(=O)(=O)N2CCC3(CC2)OCCO3)ccc1F. The molecule has 4 rings (SSSR count). The lowest BCUT2D eigenvalue weighted by molar-refractivity contribution is -0.179. The summed E-state index contributed by atoms with van der Waals surface area (Å²) in [6, 6.07) is 4.95. The van der Waals surface area contributed by atoms with Crippen LogP contribution >= 0.6 is 11.6 Å². The van der Waals surface area contributed by atoms with Crippen LogP contribution in [0.3, 0.4) is 0 Å². The minimum absolute atomic E-state index is 0.0983. The number of anilines is 1. The highest BCUT2D eigenvalue weighted by atomic mass is 35.5. The second-order valence-electron chi connectivity index (χ2n) is 7.80. The van der Waals surface area contributed by atoms with Crippen LogP contribution in [-0.2, 0) is 25.7 Å². The van der Waals surface area contributed by atoms with E-state index in [1.54, 1.807) is 0 Å². The van der Waals surface area contributed by atoms with E-state index in [1.807, 2.05) is 0 Å². The highest BCUT2D eigenvalue weighted by Gasteiger charge is 2.42. The van der Waals surface area contributed by atoms with Crippen molar-refractivity contribution in [3.63, 3.8) is 0 Å². The molecule has 0 atom stereocenters. The Morgan fingerprint density at radius 3 is 2.32 bits per heavy atom. The molecule has 184 valence electrons. The van der Waals surface area contributed by atoms with E-state index in [-0.39, 0.29) is 23.0 Å². The summed E-state index contributed by atoms with van der Waals surface area (Å²) in [7, 11) is -4.09. The molecule has 1 N–H and O–H groups in total. The van der Waals surface area contributed by atoms with Crippen molar-refractivity contribution in [2.45, 2.75) is 29.7 Å². The highest BCUT2D eigenvalue weighted by Crippen LogP contribution is 2.35. The van der Waals surface area contributed by atoms with Crippen LogP contribution in [0.15, 0.2) is 41.3 Å². The van der Waals surface area contributed by atoms with Crippen molar-refractivity contribution >= 4 is 33.2 Å². The van der Waals surface area contributed by atoms with E-state index in [2.05, 4.69) is 5.32 Å². The second-order valence-corrected chi connectivity index (χ2v) is 10.1. The zero-order valence-corrected chi connectivity index (χ0v) is 19.1. The Bertz CT molecular complexity index is 1210. The smallest absolute Gasteiger partial charge is 0.347 e. The number of nitrogens with one attached hydrogen (secondary N) is 1. The van der Waals surface area contributed by atoms with Crippen molar-refractivity contribution in [3.05, 3.63) is 58.4 Å². The number of halogens is 5. The molecule has 2 aliphatic rings. The van der Waals surface area contributed by atoms with Gasteiger partial charge in [-0.1, -0.05) is 11.6 Å². The maximum atomic E-state index is 14.4. The largest absolute Gasteiger partial charge is 0.416 e. The number of piperidine rings is 1. The minimum Gasteiger partial charge on any atom is -0.347 e. The van der Waals surface area contributed by atoms with Crippen molar-refractivity contribution in [1.29, 1.82) is 0 Å². The van der Waals surface area contributed by atoms with Crippen LogP contribution in [0.1, 0.15) is 28.8 Å². The highest BCUT2D eigenvalue weighted by molar-refractivity contribution is 7.89. The molecule has 2 aromatic rings. The van der Waals surface area contributed by atoms with Gasteiger partial charge in [-0.05, 0) is 36.4 Å². The van der Waals surface area contributed by atoms with Crippen LogP contribution in [0.5, 0.6) is 0 Å². The minimum atomic E-state index is -4.69. The molecule has 0 saturated carbocycles. The number of ether oxygens (including phenoxy) is 2. The molecule has 2 aromatic carbocycles. The topological polar surface area (TPSA) is 84.9 Å². The number of carbonyl (C=O) groups excluding carboxylic acids is 1. The molecule has 1 amide bonds. The van der Waals surface area contributed by atoms with Gasteiger partial charge in [0, 0.05) is 25.9 Å². The van der Waals surface area contributed by atoms with E-state index >= 15 is 0 Å². The van der Waals surface area contributed by atoms with Crippen LogP contribution < -0.4 is 5.32 Å². The lowest BCUT2D eigenvalue weighted by Crippen LogP contribution is -2.47. The van der Waals surface area contributed by atoms with Crippen molar-refractivity contribution < 1.29 is 40.2 Å². The van der Waals surface area contributed by atoms with E-state index < -0.39 is 50.5 Å². The molecule has 13 heteroatoms. The van der Waals surface area contributed by atoms with Gasteiger partial charge in [0.25, 0.3) is 5.91 Å². The van der Waals surface area contributed by atoms with Crippen LogP contribution in [0.2, 0.25) is 5.02 Å².